The lowest BCUT2D eigenvalue weighted by Crippen LogP contribution is -2.15. The molecule has 1 heterocycles. The molecule has 2 N–H and O–H groups in total. The second kappa shape index (κ2) is 7.13. The van der Waals surface area contributed by atoms with Crippen molar-refractivity contribution in [2.45, 2.75) is 20.8 Å². The zero-order chi connectivity index (χ0) is 17.8. The van der Waals surface area contributed by atoms with E-state index in [2.05, 4.69) is 20.6 Å². The molecule has 0 aliphatic heterocycles. The number of aromatic nitrogens is 2. The molecular weight excluding hydrogens is 312 g/mol. The van der Waals surface area contributed by atoms with Crippen molar-refractivity contribution < 1.29 is 4.79 Å². The smallest absolute Gasteiger partial charge is 0.274 e. The van der Waals surface area contributed by atoms with Gasteiger partial charge in [0.15, 0.2) is 0 Å². The molecule has 2 aromatic carbocycles. The van der Waals surface area contributed by atoms with Gasteiger partial charge in [-0.1, -0.05) is 30.3 Å². The van der Waals surface area contributed by atoms with E-state index < -0.39 is 0 Å². The number of nitrogens with one attached hydrogen (secondary N) is 2. The molecule has 0 bridgehead atoms. The molecule has 0 unspecified atom stereocenters. The molecule has 1 amide bonds. The number of anilines is 3. The van der Waals surface area contributed by atoms with Crippen molar-refractivity contribution in [1.29, 1.82) is 0 Å². The van der Waals surface area contributed by atoms with Crippen molar-refractivity contribution in [2.75, 3.05) is 10.6 Å². The van der Waals surface area contributed by atoms with Crippen molar-refractivity contribution in [2.24, 2.45) is 0 Å². The van der Waals surface area contributed by atoms with E-state index in [0.717, 1.165) is 28.1 Å². The number of carbonyl (C=O) groups is 1. The van der Waals surface area contributed by atoms with E-state index in [4.69, 9.17) is 0 Å². The number of hydrogen-bond acceptors (Lipinski definition) is 4. The van der Waals surface area contributed by atoms with E-state index in [1.165, 1.54) is 0 Å². The number of hydrogen-bond donors (Lipinski definition) is 2. The second-order valence-electron chi connectivity index (χ2n) is 5.91. The Bertz CT molecular complexity index is 921. The maximum absolute atomic E-state index is 12.5. The Morgan fingerprint density at radius 2 is 1.60 bits per heavy atom. The van der Waals surface area contributed by atoms with E-state index in [1.54, 1.807) is 12.3 Å². The van der Waals surface area contributed by atoms with Gasteiger partial charge < -0.3 is 10.6 Å². The highest BCUT2D eigenvalue weighted by Gasteiger charge is 2.11. The molecule has 0 atom stereocenters. The molecule has 126 valence electrons. The average Bonchev–Trinajstić information content (AvgIpc) is 2.61. The van der Waals surface area contributed by atoms with Crippen molar-refractivity contribution in [1.82, 2.24) is 9.97 Å². The SMILES string of the molecule is Cc1ccccc1Nc1nccc(C(=O)Nc2cccc(C)c2C)n1. The maximum Gasteiger partial charge on any atom is 0.274 e. The zero-order valence-corrected chi connectivity index (χ0v) is 14.5. The molecule has 0 saturated carbocycles. The third kappa shape index (κ3) is 3.83. The molecule has 25 heavy (non-hydrogen) atoms. The lowest BCUT2D eigenvalue weighted by molar-refractivity contribution is 0.102. The number of para-hydroxylation sites is 1. The monoisotopic (exact) mass is 332 g/mol. The van der Waals surface area contributed by atoms with Crippen LogP contribution in [0.2, 0.25) is 0 Å². The fourth-order valence-corrected chi connectivity index (χ4v) is 2.45. The molecule has 0 aliphatic carbocycles. The van der Waals surface area contributed by atoms with Crippen LogP contribution >= 0.6 is 0 Å². The molecule has 5 heteroatoms. The Balaban J connectivity index is 1.80. The quantitative estimate of drug-likeness (QED) is 0.743. The normalized spacial score (nSPS) is 10.4. The van der Waals surface area contributed by atoms with Gasteiger partial charge in [-0.25, -0.2) is 9.97 Å². The number of carbonyl (C=O) groups excluding carboxylic acids is 1. The fourth-order valence-electron chi connectivity index (χ4n) is 2.45. The predicted molar refractivity (Wildman–Crippen MR) is 100 cm³/mol. The van der Waals surface area contributed by atoms with E-state index >= 15 is 0 Å². The Hall–Kier alpha value is -3.21. The largest absolute Gasteiger partial charge is 0.324 e. The van der Waals surface area contributed by atoms with Crippen LogP contribution in [0.25, 0.3) is 0 Å². The summed E-state index contributed by atoms with van der Waals surface area (Å²) in [5.41, 5.74) is 5.26. The molecule has 0 radical (unpaired) electrons. The summed E-state index contributed by atoms with van der Waals surface area (Å²) in [5.74, 6) is 0.131. The fraction of sp³-hybridized carbons (Fsp3) is 0.150. The molecule has 5 nitrogen and oxygen atoms in total. The minimum Gasteiger partial charge on any atom is -0.324 e. The van der Waals surface area contributed by atoms with Crippen LogP contribution < -0.4 is 10.6 Å². The van der Waals surface area contributed by atoms with Crippen LogP contribution in [0.1, 0.15) is 27.2 Å². The molecule has 0 aliphatic rings. The highest BCUT2D eigenvalue weighted by molar-refractivity contribution is 6.03. The zero-order valence-electron chi connectivity index (χ0n) is 14.5. The van der Waals surface area contributed by atoms with Crippen molar-refractivity contribution in [3.8, 4) is 0 Å². The molecule has 0 saturated heterocycles. The lowest BCUT2D eigenvalue weighted by Gasteiger charge is -2.11. The van der Waals surface area contributed by atoms with Gasteiger partial charge in [-0.05, 0) is 55.7 Å². The van der Waals surface area contributed by atoms with Crippen molar-refractivity contribution in [3.63, 3.8) is 0 Å². The van der Waals surface area contributed by atoms with E-state index in [9.17, 15) is 4.79 Å². The first-order valence-electron chi connectivity index (χ1n) is 8.08. The van der Waals surface area contributed by atoms with Crippen molar-refractivity contribution >= 4 is 23.2 Å². The first kappa shape index (κ1) is 16.6. The van der Waals surface area contributed by atoms with E-state index in [-0.39, 0.29) is 5.91 Å². The Labute approximate surface area is 147 Å². The Kier molecular flexibility index (Phi) is 4.75. The summed E-state index contributed by atoms with van der Waals surface area (Å²) in [6, 6.07) is 15.3. The minimum absolute atomic E-state index is 0.260. The van der Waals surface area contributed by atoms with E-state index in [1.807, 2.05) is 63.2 Å². The Morgan fingerprint density at radius 1 is 0.880 bits per heavy atom. The molecule has 3 aromatic rings. The van der Waals surface area contributed by atoms with Gasteiger partial charge in [0.2, 0.25) is 5.95 Å². The average molecular weight is 332 g/mol. The number of amides is 1. The third-order valence-corrected chi connectivity index (χ3v) is 4.13. The summed E-state index contributed by atoms with van der Waals surface area (Å²) in [4.78, 5) is 21.0. The molecule has 1 aromatic heterocycles. The number of benzene rings is 2. The van der Waals surface area contributed by atoms with Gasteiger partial charge in [-0.15, -0.1) is 0 Å². The number of nitrogens with zero attached hydrogens (tertiary/aromatic N) is 2. The highest BCUT2D eigenvalue weighted by Crippen LogP contribution is 2.20. The van der Waals surface area contributed by atoms with Gasteiger partial charge in [0.05, 0.1) is 0 Å². The van der Waals surface area contributed by atoms with Crippen LogP contribution in [0.4, 0.5) is 17.3 Å². The standard InChI is InChI=1S/C20H20N4O/c1-13-8-6-10-17(15(13)3)22-19(25)18-11-12-21-20(24-18)23-16-9-5-4-7-14(16)2/h4-12H,1-3H3,(H,22,25)(H,21,23,24). The van der Waals surface area contributed by atoms with Crippen LogP contribution in [0.5, 0.6) is 0 Å². The first-order valence-corrected chi connectivity index (χ1v) is 8.08. The van der Waals surface area contributed by atoms with Crippen LogP contribution in [0.3, 0.4) is 0 Å². The third-order valence-electron chi connectivity index (χ3n) is 4.13. The van der Waals surface area contributed by atoms with Crippen LogP contribution in [-0.2, 0) is 0 Å². The molecule has 3 rings (SSSR count). The van der Waals surface area contributed by atoms with Gasteiger partial charge >= 0.3 is 0 Å². The van der Waals surface area contributed by atoms with Crippen LogP contribution in [0, 0.1) is 20.8 Å². The predicted octanol–water partition coefficient (Wildman–Crippen LogP) is 4.40. The lowest BCUT2D eigenvalue weighted by atomic mass is 10.1. The summed E-state index contributed by atoms with van der Waals surface area (Å²) in [6.07, 6.45) is 1.58. The summed E-state index contributed by atoms with van der Waals surface area (Å²) in [7, 11) is 0. The van der Waals surface area contributed by atoms with Gasteiger partial charge in [0.25, 0.3) is 5.91 Å². The highest BCUT2D eigenvalue weighted by atomic mass is 16.1. The number of rotatable bonds is 4. The molecule has 0 fully saturated rings. The molecule has 0 spiro atoms. The minimum atomic E-state index is -0.260. The summed E-state index contributed by atoms with van der Waals surface area (Å²) in [5, 5.41) is 6.06. The topological polar surface area (TPSA) is 66.9 Å². The van der Waals surface area contributed by atoms with Gasteiger partial charge in [0, 0.05) is 17.6 Å². The van der Waals surface area contributed by atoms with Gasteiger partial charge in [-0.2, -0.15) is 0 Å². The first-order chi connectivity index (χ1) is 12.0. The van der Waals surface area contributed by atoms with Gasteiger partial charge in [0.1, 0.15) is 5.69 Å². The maximum atomic E-state index is 12.5. The Morgan fingerprint density at radius 3 is 2.40 bits per heavy atom. The summed E-state index contributed by atoms with van der Waals surface area (Å²) >= 11 is 0. The summed E-state index contributed by atoms with van der Waals surface area (Å²) < 4.78 is 0. The summed E-state index contributed by atoms with van der Waals surface area (Å²) in [6.45, 7) is 6.00. The van der Waals surface area contributed by atoms with Crippen molar-refractivity contribution in [3.05, 3.63) is 77.1 Å². The van der Waals surface area contributed by atoms with Crippen LogP contribution in [-0.4, -0.2) is 15.9 Å². The van der Waals surface area contributed by atoms with Gasteiger partial charge in [-0.3, -0.25) is 4.79 Å². The van der Waals surface area contributed by atoms with E-state index in [0.29, 0.717) is 11.6 Å². The molecular formula is C20H20N4O. The van der Waals surface area contributed by atoms with Crippen LogP contribution in [0.15, 0.2) is 54.7 Å². The number of aryl methyl sites for hydroxylation is 2. The second-order valence-corrected chi connectivity index (χ2v) is 5.91.